The van der Waals surface area contributed by atoms with Crippen molar-refractivity contribution < 1.29 is 23.0 Å². The summed E-state index contributed by atoms with van der Waals surface area (Å²) in [4.78, 5) is 13.9. The summed E-state index contributed by atoms with van der Waals surface area (Å²) in [6.07, 6.45) is 1.92. The highest BCUT2D eigenvalue weighted by molar-refractivity contribution is 5.81. The predicted octanol–water partition coefficient (Wildman–Crippen LogP) is 2.13. The highest BCUT2D eigenvalue weighted by Gasteiger charge is 2.33. The Labute approximate surface area is 128 Å². The zero-order valence-corrected chi connectivity index (χ0v) is 12.6. The molecule has 1 aromatic carbocycles. The number of benzene rings is 1. The fourth-order valence-corrected chi connectivity index (χ4v) is 2.24. The van der Waals surface area contributed by atoms with Crippen molar-refractivity contribution in [2.24, 2.45) is 5.73 Å². The summed E-state index contributed by atoms with van der Waals surface area (Å²) in [6, 6.07) is 4.30. The van der Waals surface area contributed by atoms with Gasteiger partial charge in [0.2, 0.25) is 5.91 Å². The van der Waals surface area contributed by atoms with Gasteiger partial charge in [-0.25, -0.2) is 0 Å². The van der Waals surface area contributed by atoms with Crippen LogP contribution in [0.1, 0.15) is 25.3 Å². The van der Waals surface area contributed by atoms with Crippen LogP contribution in [0.15, 0.2) is 18.2 Å². The molecule has 1 fully saturated rings. The van der Waals surface area contributed by atoms with Gasteiger partial charge in [0.25, 0.3) is 0 Å². The van der Waals surface area contributed by atoms with Crippen molar-refractivity contribution in [1.82, 2.24) is 4.90 Å². The van der Waals surface area contributed by atoms with Crippen molar-refractivity contribution in [2.75, 3.05) is 7.11 Å². The number of ether oxygens (including phenoxy) is 2. The van der Waals surface area contributed by atoms with Gasteiger partial charge in [0.1, 0.15) is 0 Å². The molecule has 1 atom stereocenters. The molecular formula is C15H20F2N2O3. The van der Waals surface area contributed by atoms with Gasteiger partial charge in [-0.1, -0.05) is 6.07 Å². The van der Waals surface area contributed by atoms with E-state index in [9.17, 15) is 13.6 Å². The molecule has 1 aliphatic carbocycles. The molecule has 1 aromatic rings. The summed E-state index contributed by atoms with van der Waals surface area (Å²) >= 11 is 0. The van der Waals surface area contributed by atoms with Crippen LogP contribution in [0.4, 0.5) is 8.78 Å². The summed E-state index contributed by atoms with van der Waals surface area (Å²) in [7, 11) is 1.38. The van der Waals surface area contributed by atoms with Gasteiger partial charge in [0.15, 0.2) is 11.5 Å². The summed E-state index contributed by atoms with van der Waals surface area (Å²) < 4.78 is 34.1. The normalized spacial score (nSPS) is 15.5. The van der Waals surface area contributed by atoms with E-state index in [0.717, 1.165) is 18.4 Å². The van der Waals surface area contributed by atoms with E-state index in [1.54, 1.807) is 24.0 Å². The van der Waals surface area contributed by atoms with Crippen LogP contribution in [0.25, 0.3) is 0 Å². The number of carbonyl (C=O) groups is 1. The lowest BCUT2D eigenvalue weighted by molar-refractivity contribution is -0.133. The zero-order valence-electron chi connectivity index (χ0n) is 12.6. The molecule has 122 valence electrons. The second kappa shape index (κ2) is 6.91. The molecule has 5 nitrogen and oxygen atoms in total. The van der Waals surface area contributed by atoms with Crippen LogP contribution in [0, 0.1) is 0 Å². The summed E-state index contributed by atoms with van der Waals surface area (Å²) in [5.41, 5.74) is 6.45. The van der Waals surface area contributed by atoms with Crippen molar-refractivity contribution in [3.63, 3.8) is 0 Å². The number of rotatable bonds is 7. The molecule has 0 aliphatic heterocycles. The van der Waals surface area contributed by atoms with Crippen LogP contribution in [0.3, 0.4) is 0 Å². The Bertz CT molecular complexity index is 534. The Morgan fingerprint density at radius 2 is 2.09 bits per heavy atom. The maximum Gasteiger partial charge on any atom is 0.387 e. The maximum atomic E-state index is 12.3. The number of nitrogens with two attached hydrogens (primary N) is 1. The Balaban J connectivity index is 2.15. The maximum absolute atomic E-state index is 12.3. The van der Waals surface area contributed by atoms with Gasteiger partial charge in [-0.3, -0.25) is 4.79 Å². The van der Waals surface area contributed by atoms with Crippen molar-refractivity contribution in [3.05, 3.63) is 23.8 Å². The van der Waals surface area contributed by atoms with E-state index < -0.39 is 12.7 Å². The van der Waals surface area contributed by atoms with Crippen molar-refractivity contribution in [2.45, 2.75) is 45.0 Å². The molecule has 0 spiro atoms. The monoisotopic (exact) mass is 314 g/mol. The highest BCUT2D eigenvalue weighted by Crippen LogP contribution is 2.32. The van der Waals surface area contributed by atoms with E-state index in [0.29, 0.717) is 6.54 Å². The van der Waals surface area contributed by atoms with Gasteiger partial charge >= 0.3 is 6.61 Å². The first-order valence-corrected chi connectivity index (χ1v) is 7.10. The molecule has 0 aromatic heterocycles. The fourth-order valence-electron chi connectivity index (χ4n) is 2.24. The van der Waals surface area contributed by atoms with Gasteiger partial charge in [-0.2, -0.15) is 8.78 Å². The van der Waals surface area contributed by atoms with Crippen molar-refractivity contribution in [3.8, 4) is 11.5 Å². The van der Waals surface area contributed by atoms with Crippen LogP contribution in [-0.4, -0.2) is 36.6 Å². The number of alkyl halides is 2. The number of amides is 1. The molecule has 1 amide bonds. The van der Waals surface area contributed by atoms with Crippen LogP contribution in [-0.2, 0) is 11.3 Å². The molecule has 0 unspecified atom stereocenters. The molecular weight excluding hydrogens is 294 g/mol. The average molecular weight is 314 g/mol. The average Bonchev–Trinajstić information content (AvgIpc) is 3.29. The third-order valence-corrected chi connectivity index (χ3v) is 3.46. The van der Waals surface area contributed by atoms with Crippen molar-refractivity contribution in [1.29, 1.82) is 0 Å². The standard InChI is InChI=1S/C15H20F2N2O3/c1-9(18)14(20)19(11-4-5-11)8-10-3-6-12(22-15(16)17)13(7-10)21-2/h3,6-7,9,11,15H,4-5,8,18H2,1-2H3/t9-/m1/s1. The SMILES string of the molecule is COc1cc(CN(C(=O)[C@@H](C)N)C2CC2)ccc1OC(F)F. The Morgan fingerprint density at radius 1 is 1.41 bits per heavy atom. The van der Waals surface area contributed by atoms with Crippen LogP contribution in [0.2, 0.25) is 0 Å². The van der Waals surface area contributed by atoms with E-state index >= 15 is 0 Å². The van der Waals surface area contributed by atoms with Gasteiger partial charge in [0, 0.05) is 12.6 Å². The lowest BCUT2D eigenvalue weighted by Crippen LogP contribution is -2.42. The molecule has 2 rings (SSSR count). The second-order valence-electron chi connectivity index (χ2n) is 5.35. The Hall–Kier alpha value is -1.89. The third kappa shape index (κ3) is 4.07. The number of methoxy groups -OCH3 is 1. The van der Waals surface area contributed by atoms with E-state index in [4.69, 9.17) is 10.5 Å². The van der Waals surface area contributed by atoms with Gasteiger partial charge < -0.3 is 20.1 Å². The van der Waals surface area contributed by atoms with E-state index in [1.165, 1.54) is 13.2 Å². The minimum atomic E-state index is -2.91. The minimum absolute atomic E-state index is 0.0299. The molecule has 0 heterocycles. The van der Waals surface area contributed by atoms with Gasteiger partial charge in [0.05, 0.1) is 13.2 Å². The third-order valence-electron chi connectivity index (χ3n) is 3.46. The summed E-state index contributed by atoms with van der Waals surface area (Å²) in [6.45, 7) is -0.892. The molecule has 22 heavy (non-hydrogen) atoms. The van der Waals surface area contributed by atoms with Crippen LogP contribution >= 0.6 is 0 Å². The van der Waals surface area contributed by atoms with E-state index in [2.05, 4.69) is 4.74 Å². The molecule has 0 bridgehead atoms. The van der Waals surface area contributed by atoms with E-state index in [-0.39, 0.29) is 23.4 Å². The first-order valence-electron chi connectivity index (χ1n) is 7.10. The number of carbonyl (C=O) groups excluding carboxylic acids is 1. The number of nitrogens with zero attached hydrogens (tertiary/aromatic N) is 1. The number of hydrogen-bond donors (Lipinski definition) is 1. The first-order chi connectivity index (χ1) is 10.4. The Morgan fingerprint density at radius 3 is 2.59 bits per heavy atom. The van der Waals surface area contributed by atoms with Gasteiger partial charge in [-0.05, 0) is 37.5 Å². The topological polar surface area (TPSA) is 64.8 Å². The second-order valence-corrected chi connectivity index (χ2v) is 5.35. The molecule has 1 aliphatic rings. The van der Waals surface area contributed by atoms with Crippen LogP contribution < -0.4 is 15.2 Å². The number of hydrogen-bond acceptors (Lipinski definition) is 4. The quantitative estimate of drug-likeness (QED) is 0.837. The Kier molecular flexibility index (Phi) is 5.18. The van der Waals surface area contributed by atoms with Crippen LogP contribution in [0.5, 0.6) is 11.5 Å². The minimum Gasteiger partial charge on any atom is -0.493 e. The molecule has 7 heteroatoms. The predicted molar refractivity (Wildman–Crippen MR) is 76.8 cm³/mol. The molecule has 0 radical (unpaired) electrons. The fraction of sp³-hybridized carbons (Fsp3) is 0.533. The largest absolute Gasteiger partial charge is 0.493 e. The smallest absolute Gasteiger partial charge is 0.387 e. The summed E-state index contributed by atoms with van der Waals surface area (Å²) in [5.74, 6) is 0.0638. The van der Waals surface area contributed by atoms with Gasteiger partial charge in [-0.15, -0.1) is 0 Å². The first kappa shape index (κ1) is 16.5. The zero-order chi connectivity index (χ0) is 16.3. The number of halogens is 2. The molecule has 0 saturated heterocycles. The van der Waals surface area contributed by atoms with Crippen molar-refractivity contribution >= 4 is 5.91 Å². The highest BCUT2D eigenvalue weighted by atomic mass is 19.3. The summed E-state index contributed by atoms with van der Waals surface area (Å²) in [5, 5.41) is 0. The lowest BCUT2D eigenvalue weighted by atomic mass is 10.1. The molecule has 1 saturated carbocycles. The molecule has 2 N–H and O–H groups in total. The lowest BCUT2D eigenvalue weighted by Gasteiger charge is -2.24. The van der Waals surface area contributed by atoms with E-state index in [1.807, 2.05) is 0 Å².